The van der Waals surface area contributed by atoms with Gasteiger partial charge in [0.15, 0.2) is 11.4 Å². The SMILES string of the molecule is CC1=CC(C)=[N+](c2c(C(C)C)cccc2C(C)C)[Si@@H](S)N1c1c(C(C)C)cccc1C(C)C. The van der Waals surface area contributed by atoms with Crippen LogP contribution in [0.15, 0.2) is 48.2 Å². The monoisotopic (exact) mass is 479 g/mol. The van der Waals surface area contributed by atoms with E-state index in [1.54, 1.807) is 0 Å². The summed E-state index contributed by atoms with van der Waals surface area (Å²) in [7, 11) is -1.91. The summed E-state index contributed by atoms with van der Waals surface area (Å²) in [4.78, 5) is 0. The standard InChI is InChI=1S/C29H43N2SSi/c1-18(2)24-13-11-14-25(19(3)4)28(24)30-22(9)17-23(10)31(33(30)32)29-26(20(5)6)15-12-16-27(29)21(7)8/h11-21,32-33H,1-10H3/q+1. The molecule has 0 bridgehead atoms. The van der Waals surface area contributed by atoms with Crippen molar-refractivity contribution < 1.29 is 4.24 Å². The Bertz CT molecular complexity index is 1030. The quantitative estimate of drug-likeness (QED) is 0.323. The van der Waals surface area contributed by atoms with Gasteiger partial charge in [-0.25, -0.2) is 4.24 Å². The summed E-state index contributed by atoms with van der Waals surface area (Å²) >= 11 is 5.48. The van der Waals surface area contributed by atoms with Crippen LogP contribution in [-0.2, 0) is 0 Å². The molecular formula is C29H43N2SSi+. The fraction of sp³-hybridized carbons (Fsp3) is 0.483. The molecule has 178 valence electrons. The second-order valence-electron chi connectivity index (χ2n) is 10.7. The van der Waals surface area contributed by atoms with Crippen molar-refractivity contribution >= 4 is 37.4 Å². The van der Waals surface area contributed by atoms with Gasteiger partial charge in [-0.05, 0) is 41.7 Å². The second kappa shape index (κ2) is 10.2. The molecule has 0 unspecified atom stereocenters. The van der Waals surface area contributed by atoms with Gasteiger partial charge in [0.1, 0.15) is 0 Å². The van der Waals surface area contributed by atoms with Crippen LogP contribution >= 0.6 is 12.1 Å². The largest absolute Gasteiger partial charge is 0.531 e. The van der Waals surface area contributed by atoms with Gasteiger partial charge in [-0.15, -0.1) is 12.1 Å². The maximum Gasteiger partial charge on any atom is 0.531 e. The van der Waals surface area contributed by atoms with Gasteiger partial charge < -0.3 is 4.57 Å². The van der Waals surface area contributed by atoms with Crippen LogP contribution in [0.2, 0.25) is 0 Å². The fourth-order valence-corrected chi connectivity index (χ4v) is 9.04. The lowest BCUT2D eigenvalue weighted by molar-refractivity contribution is -0.284. The normalized spacial score (nSPS) is 17.1. The Balaban J connectivity index is 2.32. The third-order valence-corrected chi connectivity index (χ3v) is 10.4. The van der Waals surface area contributed by atoms with Crippen LogP contribution in [0, 0.1) is 0 Å². The Hall–Kier alpha value is -1.78. The van der Waals surface area contributed by atoms with Gasteiger partial charge in [-0.1, -0.05) is 91.8 Å². The lowest BCUT2D eigenvalue weighted by atomic mass is 9.92. The summed E-state index contributed by atoms with van der Waals surface area (Å²) in [5, 5.41) is 0. The molecule has 0 radical (unpaired) electrons. The van der Waals surface area contributed by atoms with Crippen molar-refractivity contribution in [3.63, 3.8) is 0 Å². The van der Waals surface area contributed by atoms with E-state index in [-0.39, 0.29) is 0 Å². The van der Waals surface area contributed by atoms with Gasteiger partial charge >= 0.3 is 8.27 Å². The number of nitrogens with zero attached hydrogens (tertiary/aromatic N) is 2. The Morgan fingerprint density at radius 3 is 1.48 bits per heavy atom. The molecule has 0 saturated heterocycles. The second-order valence-corrected chi connectivity index (χ2v) is 13.8. The highest BCUT2D eigenvalue weighted by Gasteiger charge is 2.42. The molecule has 33 heavy (non-hydrogen) atoms. The molecule has 1 heterocycles. The predicted octanol–water partition coefficient (Wildman–Crippen LogP) is 8.36. The highest BCUT2D eigenvalue weighted by molar-refractivity contribution is 8.09. The van der Waals surface area contributed by atoms with Crippen LogP contribution in [0.1, 0.15) is 115 Å². The van der Waals surface area contributed by atoms with E-state index in [9.17, 15) is 0 Å². The number of para-hydroxylation sites is 2. The van der Waals surface area contributed by atoms with Gasteiger partial charge in [-0.2, -0.15) is 0 Å². The number of anilines is 1. The number of allylic oxidation sites excluding steroid dienone is 2. The Labute approximate surface area is 209 Å². The van der Waals surface area contributed by atoms with Crippen LogP contribution in [-0.4, -0.2) is 18.2 Å². The van der Waals surface area contributed by atoms with Gasteiger partial charge in [-0.3, -0.25) is 0 Å². The third kappa shape index (κ3) is 4.88. The van der Waals surface area contributed by atoms with E-state index in [2.05, 4.69) is 121 Å². The van der Waals surface area contributed by atoms with Crippen LogP contribution in [0.25, 0.3) is 0 Å². The van der Waals surface area contributed by atoms with Gasteiger partial charge in [0.05, 0.1) is 0 Å². The van der Waals surface area contributed by atoms with E-state index < -0.39 is 8.27 Å². The summed E-state index contributed by atoms with van der Waals surface area (Å²) in [6.45, 7) is 23.0. The fourth-order valence-electron chi connectivity index (χ4n) is 5.08. The molecule has 2 aromatic carbocycles. The van der Waals surface area contributed by atoms with E-state index >= 15 is 0 Å². The first-order valence-electron chi connectivity index (χ1n) is 12.5. The maximum atomic E-state index is 5.48. The van der Waals surface area contributed by atoms with Crippen molar-refractivity contribution in [1.82, 2.24) is 0 Å². The molecule has 4 heteroatoms. The van der Waals surface area contributed by atoms with Crippen molar-refractivity contribution in [3.05, 3.63) is 70.4 Å². The van der Waals surface area contributed by atoms with Gasteiger partial charge in [0, 0.05) is 35.5 Å². The molecule has 0 spiro atoms. The average Bonchev–Trinajstić information content (AvgIpc) is 2.72. The van der Waals surface area contributed by atoms with E-state index in [1.807, 2.05) is 0 Å². The predicted molar refractivity (Wildman–Crippen MR) is 152 cm³/mol. The highest BCUT2D eigenvalue weighted by atomic mass is 32.3. The minimum Gasteiger partial charge on any atom is -0.310 e. The van der Waals surface area contributed by atoms with Crippen LogP contribution < -0.4 is 4.57 Å². The molecule has 0 aliphatic carbocycles. The van der Waals surface area contributed by atoms with E-state index in [0.29, 0.717) is 23.7 Å². The molecule has 0 aromatic heterocycles. The molecule has 0 saturated carbocycles. The van der Waals surface area contributed by atoms with Crippen molar-refractivity contribution in [3.8, 4) is 0 Å². The third-order valence-electron chi connectivity index (χ3n) is 6.81. The van der Waals surface area contributed by atoms with Gasteiger partial charge in [0.2, 0.25) is 0 Å². The maximum absolute atomic E-state index is 5.48. The molecule has 0 N–H and O–H groups in total. The van der Waals surface area contributed by atoms with E-state index in [1.165, 1.54) is 45.0 Å². The zero-order chi connectivity index (χ0) is 24.6. The first-order chi connectivity index (χ1) is 15.5. The summed E-state index contributed by atoms with van der Waals surface area (Å²) in [6.07, 6.45) is 2.36. The molecule has 2 nitrogen and oxygen atoms in total. The smallest absolute Gasteiger partial charge is 0.310 e. The Morgan fingerprint density at radius 1 is 0.697 bits per heavy atom. The number of benzene rings is 2. The van der Waals surface area contributed by atoms with Crippen LogP contribution in [0.4, 0.5) is 11.4 Å². The molecule has 1 aliphatic rings. The van der Waals surface area contributed by atoms with Gasteiger partial charge in [0.25, 0.3) is 0 Å². The number of hydrogen-bond acceptors (Lipinski definition) is 2. The molecule has 3 rings (SSSR count). The first kappa shape index (κ1) is 25.8. The number of thiol groups is 1. The van der Waals surface area contributed by atoms with Crippen LogP contribution in [0.5, 0.6) is 0 Å². The van der Waals surface area contributed by atoms with Crippen molar-refractivity contribution in [2.75, 3.05) is 4.57 Å². The summed E-state index contributed by atoms with van der Waals surface area (Å²) in [5.41, 5.74) is 11.0. The molecule has 2 aromatic rings. The number of rotatable bonds is 6. The lowest BCUT2D eigenvalue weighted by Crippen LogP contribution is -2.48. The van der Waals surface area contributed by atoms with Crippen molar-refractivity contribution in [2.45, 2.75) is 92.9 Å². The summed E-state index contributed by atoms with van der Waals surface area (Å²) < 4.78 is 5.20. The molecule has 0 amide bonds. The average molecular weight is 480 g/mol. The zero-order valence-corrected chi connectivity index (χ0v) is 24.3. The molecule has 1 atom stereocenters. The van der Waals surface area contributed by atoms with Crippen molar-refractivity contribution in [2.24, 2.45) is 0 Å². The zero-order valence-electron chi connectivity index (χ0n) is 22.3. The summed E-state index contributed by atoms with van der Waals surface area (Å²) in [6, 6.07) is 13.7. The van der Waals surface area contributed by atoms with Crippen molar-refractivity contribution in [1.29, 1.82) is 0 Å². The summed E-state index contributed by atoms with van der Waals surface area (Å²) in [5.74, 6) is 1.82. The van der Waals surface area contributed by atoms with E-state index in [0.717, 1.165) is 0 Å². The van der Waals surface area contributed by atoms with Crippen LogP contribution in [0.3, 0.4) is 0 Å². The lowest BCUT2D eigenvalue weighted by Gasteiger charge is -2.36. The Kier molecular flexibility index (Phi) is 8.01. The first-order valence-corrected chi connectivity index (χ1v) is 15.6. The molecule has 0 fully saturated rings. The molecular weight excluding hydrogens is 436 g/mol. The highest BCUT2D eigenvalue weighted by Crippen LogP contribution is 2.42. The topological polar surface area (TPSA) is 6.25 Å². The minimum absolute atomic E-state index is 0.454. The molecule has 1 aliphatic heterocycles. The number of hydrogen-bond donors (Lipinski definition) is 1. The Morgan fingerprint density at radius 2 is 1.09 bits per heavy atom. The van der Waals surface area contributed by atoms with E-state index in [4.69, 9.17) is 12.1 Å². The minimum atomic E-state index is -1.91.